The molecule has 0 radical (unpaired) electrons. The summed E-state index contributed by atoms with van der Waals surface area (Å²) in [7, 11) is 2.20. The first-order valence-electron chi connectivity index (χ1n) is 7.40. The van der Waals surface area contributed by atoms with E-state index in [2.05, 4.69) is 23.8 Å². The van der Waals surface area contributed by atoms with Crippen molar-refractivity contribution in [1.29, 1.82) is 0 Å². The van der Waals surface area contributed by atoms with Gasteiger partial charge < -0.3 is 10.6 Å². The molecule has 3 nitrogen and oxygen atoms in total. The number of rotatable bonds is 8. The molecule has 1 fully saturated rings. The molecule has 0 aromatic heterocycles. The summed E-state index contributed by atoms with van der Waals surface area (Å²) in [6, 6.07) is 0.587. The lowest BCUT2D eigenvalue weighted by molar-refractivity contribution is 0.0927. The van der Waals surface area contributed by atoms with Crippen LogP contribution in [-0.2, 0) is 0 Å². The van der Waals surface area contributed by atoms with Gasteiger partial charge in [0.05, 0.1) is 0 Å². The fourth-order valence-corrected chi connectivity index (χ4v) is 2.66. The number of piperazine rings is 1. The van der Waals surface area contributed by atoms with Crippen molar-refractivity contribution in [2.75, 3.05) is 39.8 Å². The number of nitrogens with zero attached hydrogens (tertiary/aromatic N) is 2. The summed E-state index contributed by atoms with van der Waals surface area (Å²) in [6.45, 7) is 7.88. The van der Waals surface area contributed by atoms with E-state index in [0.29, 0.717) is 6.04 Å². The van der Waals surface area contributed by atoms with Crippen LogP contribution in [0, 0.1) is 0 Å². The largest absolute Gasteiger partial charge is 0.329 e. The SMILES string of the molecule is CCCCCCCCN1CCN(C)CC1CN. The molecule has 0 spiro atoms. The maximum atomic E-state index is 5.86. The van der Waals surface area contributed by atoms with Crippen LogP contribution in [0.1, 0.15) is 45.4 Å². The second-order valence-corrected chi connectivity index (χ2v) is 5.46. The van der Waals surface area contributed by atoms with Crippen LogP contribution < -0.4 is 5.73 Å². The van der Waals surface area contributed by atoms with E-state index in [-0.39, 0.29) is 0 Å². The lowest BCUT2D eigenvalue weighted by atomic mass is 10.1. The van der Waals surface area contributed by atoms with Crippen LogP contribution in [0.5, 0.6) is 0 Å². The topological polar surface area (TPSA) is 32.5 Å². The molecule has 0 amide bonds. The van der Waals surface area contributed by atoms with Crippen LogP contribution in [0.3, 0.4) is 0 Å². The molecule has 3 heteroatoms. The molecule has 102 valence electrons. The van der Waals surface area contributed by atoms with Crippen molar-refractivity contribution in [1.82, 2.24) is 9.80 Å². The predicted molar refractivity (Wildman–Crippen MR) is 75.3 cm³/mol. The standard InChI is InChI=1S/C14H31N3/c1-3-4-5-6-7-8-9-17-11-10-16(2)13-14(17)12-15/h14H,3-13,15H2,1-2H3. The van der Waals surface area contributed by atoms with E-state index in [4.69, 9.17) is 5.73 Å². The average Bonchev–Trinajstić information content (AvgIpc) is 2.35. The summed E-state index contributed by atoms with van der Waals surface area (Å²) in [5.74, 6) is 0. The zero-order chi connectivity index (χ0) is 12.5. The van der Waals surface area contributed by atoms with Crippen molar-refractivity contribution in [2.45, 2.75) is 51.5 Å². The Bertz CT molecular complexity index is 184. The first-order valence-corrected chi connectivity index (χ1v) is 7.40. The van der Waals surface area contributed by atoms with Crippen LogP contribution in [0.4, 0.5) is 0 Å². The molecule has 1 aliphatic heterocycles. The molecule has 1 atom stereocenters. The van der Waals surface area contributed by atoms with E-state index in [1.807, 2.05) is 0 Å². The zero-order valence-electron chi connectivity index (χ0n) is 11.8. The lowest BCUT2D eigenvalue weighted by Crippen LogP contribution is -2.54. The van der Waals surface area contributed by atoms with Gasteiger partial charge in [-0.3, -0.25) is 4.90 Å². The fourth-order valence-electron chi connectivity index (χ4n) is 2.66. The van der Waals surface area contributed by atoms with Crippen molar-refractivity contribution in [3.63, 3.8) is 0 Å². The van der Waals surface area contributed by atoms with Crippen LogP contribution >= 0.6 is 0 Å². The van der Waals surface area contributed by atoms with Gasteiger partial charge in [0.25, 0.3) is 0 Å². The summed E-state index contributed by atoms with van der Waals surface area (Å²) in [5, 5.41) is 0. The molecule has 0 bridgehead atoms. The van der Waals surface area contributed by atoms with Crippen LogP contribution in [0.25, 0.3) is 0 Å². The van der Waals surface area contributed by atoms with E-state index in [1.165, 1.54) is 58.2 Å². The molecule has 17 heavy (non-hydrogen) atoms. The molecule has 0 aliphatic carbocycles. The summed E-state index contributed by atoms with van der Waals surface area (Å²) in [5.41, 5.74) is 5.86. The minimum absolute atomic E-state index is 0.587. The molecule has 0 aromatic rings. The van der Waals surface area contributed by atoms with Crippen molar-refractivity contribution in [2.24, 2.45) is 5.73 Å². The Morgan fingerprint density at radius 2 is 1.76 bits per heavy atom. The third kappa shape index (κ3) is 5.84. The van der Waals surface area contributed by atoms with Gasteiger partial charge in [0.1, 0.15) is 0 Å². The van der Waals surface area contributed by atoms with E-state index in [0.717, 1.165) is 13.1 Å². The highest BCUT2D eigenvalue weighted by Crippen LogP contribution is 2.11. The predicted octanol–water partition coefficient (Wildman–Crippen LogP) is 1.92. The third-order valence-corrected chi connectivity index (χ3v) is 3.88. The van der Waals surface area contributed by atoms with Gasteiger partial charge in [0.2, 0.25) is 0 Å². The van der Waals surface area contributed by atoms with Gasteiger partial charge in [0, 0.05) is 32.2 Å². The molecule has 1 unspecified atom stereocenters. The van der Waals surface area contributed by atoms with Crippen molar-refractivity contribution < 1.29 is 0 Å². The Morgan fingerprint density at radius 3 is 2.47 bits per heavy atom. The summed E-state index contributed by atoms with van der Waals surface area (Å²) in [4.78, 5) is 5.00. The number of likely N-dealkylation sites (N-methyl/N-ethyl adjacent to an activating group) is 1. The van der Waals surface area contributed by atoms with Gasteiger partial charge in [-0.2, -0.15) is 0 Å². The normalized spacial score (nSPS) is 23.1. The van der Waals surface area contributed by atoms with Crippen molar-refractivity contribution >= 4 is 0 Å². The smallest absolute Gasteiger partial charge is 0.0346 e. The first kappa shape index (κ1) is 14.9. The second kappa shape index (κ2) is 8.90. The summed E-state index contributed by atoms with van der Waals surface area (Å²) in [6.07, 6.45) is 8.32. The molecule has 1 aliphatic rings. The Morgan fingerprint density at radius 1 is 1.06 bits per heavy atom. The molecule has 1 rings (SSSR count). The van der Waals surface area contributed by atoms with Gasteiger partial charge in [-0.15, -0.1) is 0 Å². The minimum Gasteiger partial charge on any atom is -0.329 e. The van der Waals surface area contributed by atoms with Crippen molar-refractivity contribution in [3.8, 4) is 0 Å². The molecule has 1 heterocycles. The van der Waals surface area contributed by atoms with Crippen molar-refractivity contribution in [3.05, 3.63) is 0 Å². The molecular formula is C14H31N3. The highest BCUT2D eigenvalue weighted by atomic mass is 15.3. The molecular weight excluding hydrogens is 210 g/mol. The highest BCUT2D eigenvalue weighted by molar-refractivity contribution is 4.81. The van der Waals surface area contributed by atoms with Gasteiger partial charge in [-0.05, 0) is 20.0 Å². The number of unbranched alkanes of at least 4 members (excludes halogenated alkanes) is 5. The van der Waals surface area contributed by atoms with E-state index >= 15 is 0 Å². The fraction of sp³-hybridized carbons (Fsp3) is 1.00. The number of hydrogen-bond acceptors (Lipinski definition) is 3. The lowest BCUT2D eigenvalue weighted by Gasteiger charge is -2.39. The van der Waals surface area contributed by atoms with E-state index in [9.17, 15) is 0 Å². The zero-order valence-corrected chi connectivity index (χ0v) is 11.8. The maximum absolute atomic E-state index is 5.86. The maximum Gasteiger partial charge on any atom is 0.0346 e. The summed E-state index contributed by atoms with van der Waals surface area (Å²) < 4.78 is 0. The third-order valence-electron chi connectivity index (χ3n) is 3.88. The number of hydrogen-bond donors (Lipinski definition) is 1. The summed E-state index contributed by atoms with van der Waals surface area (Å²) >= 11 is 0. The van der Waals surface area contributed by atoms with E-state index < -0.39 is 0 Å². The second-order valence-electron chi connectivity index (χ2n) is 5.46. The average molecular weight is 241 g/mol. The monoisotopic (exact) mass is 241 g/mol. The molecule has 2 N–H and O–H groups in total. The Labute approximate surface area is 107 Å². The molecule has 0 aromatic carbocycles. The van der Waals surface area contributed by atoms with Crippen LogP contribution in [-0.4, -0.2) is 55.6 Å². The van der Waals surface area contributed by atoms with Crippen LogP contribution in [0.15, 0.2) is 0 Å². The highest BCUT2D eigenvalue weighted by Gasteiger charge is 2.22. The minimum atomic E-state index is 0.587. The van der Waals surface area contributed by atoms with E-state index in [1.54, 1.807) is 0 Å². The molecule has 0 saturated carbocycles. The Kier molecular flexibility index (Phi) is 7.82. The van der Waals surface area contributed by atoms with Gasteiger partial charge in [-0.25, -0.2) is 0 Å². The Balaban J connectivity index is 2.08. The Hall–Kier alpha value is -0.120. The first-order chi connectivity index (χ1) is 8.27. The quantitative estimate of drug-likeness (QED) is 0.659. The molecule has 1 saturated heterocycles. The van der Waals surface area contributed by atoms with Gasteiger partial charge in [0.15, 0.2) is 0 Å². The van der Waals surface area contributed by atoms with Gasteiger partial charge >= 0.3 is 0 Å². The van der Waals surface area contributed by atoms with Gasteiger partial charge in [-0.1, -0.05) is 39.0 Å². The van der Waals surface area contributed by atoms with Crippen LogP contribution in [0.2, 0.25) is 0 Å². The number of nitrogens with two attached hydrogens (primary N) is 1.